The molecule has 1 unspecified atom stereocenters. The molecule has 112 valence electrons. The number of halogens is 1. The van der Waals surface area contributed by atoms with Gasteiger partial charge in [0.1, 0.15) is 5.82 Å². The molecule has 6 heteroatoms. The van der Waals surface area contributed by atoms with Gasteiger partial charge in [-0.05, 0) is 18.4 Å². The second-order valence-corrected chi connectivity index (χ2v) is 6.06. The Morgan fingerprint density at radius 3 is 2.65 bits per heavy atom. The number of rotatable bonds is 3. The number of aromatic nitrogens is 2. The molecule has 0 radical (unpaired) electrons. The first-order valence-electron chi connectivity index (χ1n) is 7.19. The van der Waals surface area contributed by atoms with Gasteiger partial charge in [-0.15, -0.1) is 12.4 Å². The van der Waals surface area contributed by atoms with E-state index in [1.165, 1.54) is 19.5 Å². The molecule has 3 rings (SSSR count). The van der Waals surface area contributed by atoms with Crippen LogP contribution in [-0.2, 0) is 0 Å². The van der Waals surface area contributed by atoms with Crippen LogP contribution in [-0.4, -0.2) is 60.7 Å². The summed E-state index contributed by atoms with van der Waals surface area (Å²) in [6.07, 6.45) is 6.66. The average Bonchev–Trinajstić information content (AvgIpc) is 2.87. The lowest BCUT2D eigenvalue weighted by atomic mass is 9.89. The quantitative estimate of drug-likeness (QED) is 0.902. The zero-order valence-electron chi connectivity index (χ0n) is 12.1. The van der Waals surface area contributed by atoms with Gasteiger partial charge >= 0.3 is 0 Å². The molecule has 3 heterocycles. The van der Waals surface area contributed by atoms with Crippen molar-refractivity contribution in [3.63, 3.8) is 0 Å². The molecular formula is C14H24ClN5. The maximum absolute atomic E-state index is 4.38. The van der Waals surface area contributed by atoms with Crippen molar-refractivity contribution in [1.82, 2.24) is 20.2 Å². The molecule has 1 aromatic rings. The highest BCUT2D eigenvalue weighted by molar-refractivity contribution is 5.85. The molecule has 1 atom stereocenters. The topological polar surface area (TPSA) is 44.3 Å². The summed E-state index contributed by atoms with van der Waals surface area (Å²) < 4.78 is 0. The number of nitrogens with one attached hydrogen (secondary N) is 1. The van der Waals surface area contributed by atoms with Gasteiger partial charge in [0.15, 0.2) is 0 Å². The van der Waals surface area contributed by atoms with Crippen LogP contribution in [0.15, 0.2) is 18.6 Å². The van der Waals surface area contributed by atoms with Crippen LogP contribution in [0, 0.1) is 5.41 Å². The van der Waals surface area contributed by atoms with Crippen LogP contribution >= 0.6 is 12.4 Å². The second kappa shape index (κ2) is 6.70. The maximum atomic E-state index is 4.38. The van der Waals surface area contributed by atoms with Gasteiger partial charge in [-0.25, -0.2) is 4.98 Å². The van der Waals surface area contributed by atoms with Gasteiger partial charge in [-0.1, -0.05) is 6.92 Å². The number of hydrogen-bond acceptors (Lipinski definition) is 5. The lowest BCUT2D eigenvalue weighted by molar-refractivity contribution is 0.169. The summed E-state index contributed by atoms with van der Waals surface area (Å²) in [6.45, 7) is 10.3. The van der Waals surface area contributed by atoms with Crippen LogP contribution < -0.4 is 10.2 Å². The minimum atomic E-state index is 0. The summed E-state index contributed by atoms with van der Waals surface area (Å²) in [4.78, 5) is 13.5. The number of nitrogens with zero attached hydrogens (tertiary/aromatic N) is 4. The van der Waals surface area contributed by atoms with Crippen LogP contribution in [0.2, 0.25) is 0 Å². The molecule has 0 amide bonds. The minimum Gasteiger partial charge on any atom is -0.353 e. The van der Waals surface area contributed by atoms with Gasteiger partial charge in [-0.3, -0.25) is 9.88 Å². The van der Waals surface area contributed by atoms with Crippen LogP contribution in [0.25, 0.3) is 0 Å². The second-order valence-electron chi connectivity index (χ2n) is 6.06. The molecule has 2 fully saturated rings. The van der Waals surface area contributed by atoms with Gasteiger partial charge in [0.25, 0.3) is 0 Å². The normalized spacial score (nSPS) is 27.4. The van der Waals surface area contributed by atoms with E-state index in [9.17, 15) is 0 Å². The summed E-state index contributed by atoms with van der Waals surface area (Å²) in [5.41, 5.74) is 0.467. The molecule has 0 spiro atoms. The zero-order valence-corrected chi connectivity index (χ0v) is 12.9. The summed E-state index contributed by atoms with van der Waals surface area (Å²) in [5.74, 6) is 1.01. The highest BCUT2D eigenvalue weighted by atomic mass is 35.5. The maximum Gasteiger partial charge on any atom is 0.147 e. The van der Waals surface area contributed by atoms with Crippen molar-refractivity contribution in [3.05, 3.63) is 18.6 Å². The predicted molar refractivity (Wildman–Crippen MR) is 83.5 cm³/mol. The molecule has 1 aromatic heterocycles. The van der Waals surface area contributed by atoms with E-state index in [2.05, 4.69) is 32.0 Å². The summed E-state index contributed by atoms with van der Waals surface area (Å²) in [7, 11) is 0. The molecule has 2 aliphatic heterocycles. The van der Waals surface area contributed by atoms with Gasteiger partial charge in [0.2, 0.25) is 0 Å². The Bertz CT molecular complexity index is 399. The highest BCUT2D eigenvalue weighted by Crippen LogP contribution is 2.26. The van der Waals surface area contributed by atoms with E-state index in [0.717, 1.165) is 38.5 Å². The van der Waals surface area contributed by atoms with Crippen LogP contribution in [0.5, 0.6) is 0 Å². The lowest BCUT2D eigenvalue weighted by Gasteiger charge is -2.39. The first-order chi connectivity index (χ1) is 9.25. The van der Waals surface area contributed by atoms with E-state index >= 15 is 0 Å². The lowest BCUT2D eigenvalue weighted by Crippen LogP contribution is -2.50. The fraction of sp³-hybridized carbons (Fsp3) is 0.714. The number of piperazine rings is 1. The molecule has 2 aliphatic rings. The molecule has 1 N–H and O–H groups in total. The Labute approximate surface area is 127 Å². The molecule has 0 bridgehead atoms. The van der Waals surface area contributed by atoms with Crippen LogP contribution in [0.3, 0.4) is 0 Å². The Hall–Kier alpha value is -0.910. The molecule has 2 saturated heterocycles. The monoisotopic (exact) mass is 297 g/mol. The molecule has 5 nitrogen and oxygen atoms in total. The Kier molecular flexibility index (Phi) is 5.18. The molecule has 0 aromatic carbocycles. The standard InChI is InChI=1S/C14H23N5.ClH/c1-14(2-3-16-11-14)12-18-6-8-19(9-7-18)13-10-15-4-5-17-13;/h4-5,10,16H,2-3,6-9,11-12H2,1H3;1H. The van der Waals surface area contributed by atoms with Crippen molar-refractivity contribution in [2.75, 3.05) is 50.7 Å². The van der Waals surface area contributed by atoms with Gasteiger partial charge in [0.05, 0.1) is 6.20 Å². The third-order valence-corrected chi connectivity index (χ3v) is 4.31. The van der Waals surface area contributed by atoms with E-state index in [-0.39, 0.29) is 12.4 Å². The SMILES string of the molecule is CC1(CN2CCN(c3cnccn3)CC2)CCNC1.Cl. The Morgan fingerprint density at radius 2 is 2.05 bits per heavy atom. The van der Waals surface area contributed by atoms with Crippen molar-refractivity contribution in [1.29, 1.82) is 0 Å². The van der Waals surface area contributed by atoms with E-state index < -0.39 is 0 Å². The van der Waals surface area contributed by atoms with Crippen LogP contribution in [0.1, 0.15) is 13.3 Å². The first-order valence-corrected chi connectivity index (χ1v) is 7.19. The molecular weight excluding hydrogens is 274 g/mol. The summed E-state index contributed by atoms with van der Waals surface area (Å²) in [5, 5.41) is 3.48. The van der Waals surface area contributed by atoms with E-state index in [0.29, 0.717) is 5.41 Å². The fourth-order valence-corrected chi connectivity index (χ4v) is 3.13. The number of anilines is 1. The third-order valence-electron chi connectivity index (χ3n) is 4.31. The fourth-order valence-electron chi connectivity index (χ4n) is 3.13. The van der Waals surface area contributed by atoms with Gasteiger partial charge in [-0.2, -0.15) is 0 Å². The van der Waals surface area contributed by atoms with Crippen LogP contribution in [0.4, 0.5) is 5.82 Å². The average molecular weight is 298 g/mol. The number of hydrogen-bond donors (Lipinski definition) is 1. The zero-order chi connectivity index (χ0) is 13.1. The van der Waals surface area contributed by atoms with Crippen molar-refractivity contribution >= 4 is 18.2 Å². The van der Waals surface area contributed by atoms with Gasteiger partial charge < -0.3 is 10.2 Å². The van der Waals surface area contributed by atoms with Crippen molar-refractivity contribution in [2.24, 2.45) is 5.41 Å². The Morgan fingerprint density at radius 1 is 1.25 bits per heavy atom. The molecule has 0 aliphatic carbocycles. The first kappa shape index (κ1) is 15.5. The van der Waals surface area contributed by atoms with E-state index in [1.54, 1.807) is 12.4 Å². The third kappa shape index (κ3) is 3.59. The summed E-state index contributed by atoms with van der Waals surface area (Å²) >= 11 is 0. The largest absolute Gasteiger partial charge is 0.353 e. The minimum absolute atomic E-state index is 0. The molecule has 20 heavy (non-hydrogen) atoms. The molecule has 0 saturated carbocycles. The van der Waals surface area contributed by atoms with E-state index in [1.807, 2.05) is 6.20 Å². The van der Waals surface area contributed by atoms with Crippen molar-refractivity contribution in [2.45, 2.75) is 13.3 Å². The van der Waals surface area contributed by atoms with Crippen molar-refractivity contribution in [3.8, 4) is 0 Å². The highest BCUT2D eigenvalue weighted by Gasteiger charge is 2.31. The predicted octanol–water partition coefficient (Wildman–Crippen LogP) is 1.02. The van der Waals surface area contributed by atoms with E-state index in [4.69, 9.17) is 0 Å². The summed E-state index contributed by atoms with van der Waals surface area (Å²) in [6, 6.07) is 0. The smallest absolute Gasteiger partial charge is 0.147 e. The van der Waals surface area contributed by atoms with Gasteiger partial charge in [0, 0.05) is 51.7 Å². The Balaban J connectivity index is 0.00000147. The van der Waals surface area contributed by atoms with Crippen molar-refractivity contribution < 1.29 is 0 Å².